The van der Waals surface area contributed by atoms with Gasteiger partial charge in [-0.15, -0.1) is 0 Å². The first-order valence-electron chi connectivity index (χ1n) is 5.04. The summed E-state index contributed by atoms with van der Waals surface area (Å²) in [6.45, 7) is 0. The Kier molecular flexibility index (Phi) is 3.54. The minimum absolute atomic E-state index is 0.123. The predicted octanol–water partition coefficient (Wildman–Crippen LogP) is 1.63. The van der Waals surface area contributed by atoms with E-state index < -0.39 is 27.6 Å². The molecule has 1 heterocycles. The summed E-state index contributed by atoms with van der Waals surface area (Å²) in [5.74, 6) is -1.48. The third kappa shape index (κ3) is 2.97. The van der Waals surface area contributed by atoms with E-state index in [0.717, 1.165) is 5.41 Å². The summed E-state index contributed by atoms with van der Waals surface area (Å²) >= 11 is 3.14. The zero-order valence-corrected chi connectivity index (χ0v) is 11.5. The van der Waals surface area contributed by atoms with E-state index in [1.165, 1.54) is 24.3 Å². The van der Waals surface area contributed by atoms with Gasteiger partial charge in [-0.1, -0.05) is 15.9 Å². The number of rotatable bonds is 2. The maximum absolute atomic E-state index is 13.4. The maximum atomic E-state index is 13.4. The number of hydrogen-bond acceptors (Lipinski definition) is 3. The van der Waals surface area contributed by atoms with Gasteiger partial charge in [-0.25, -0.2) is 12.8 Å². The van der Waals surface area contributed by atoms with Crippen LogP contribution in [0.1, 0.15) is 10.4 Å². The van der Waals surface area contributed by atoms with E-state index >= 15 is 0 Å². The molecular formula is C11H9BrFNO3S. The number of sulfone groups is 1. The molecule has 0 fully saturated rings. The summed E-state index contributed by atoms with van der Waals surface area (Å²) in [4.78, 5) is 11.8. The highest BCUT2D eigenvalue weighted by atomic mass is 79.9. The summed E-state index contributed by atoms with van der Waals surface area (Å²) in [7, 11) is -3.24. The average molecular weight is 334 g/mol. The fourth-order valence-corrected chi connectivity index (χ4v) is 3.18. The molecule has 1 N–H and O–H groups in total. The van der Waals surface area contributed by atoms with Crippen LogP contribution >= 0.6 is 15.9 Å². The van der Waals surface area contributed by atoms with E-state index in [1.807, 2.05) is 0 Å². The van der Waals surface area contributed by atoms with Gasteiger partial charge in [0.1, 0.15) is 5.82 Å². The van der Waals surface area contributed by atoms with Crippen LogP contribution in [0.5, 0.6) is 0 Å². The Morgan fingerprint density at radius 3 is 2.78 bits per heavy atom. The molecule has 0 saturated heterocycles. The van der Waals surface area contributed by atoms with Crippen LogP contribution in [-0.2, 0) is 9.84 Å². The Hall–Kier alpha value is -1.21. The second-order valence-electron chi connectivity index (χ2n) is 3.86. The van der Waals surface area contributed by atoms with E-state index in [9.17, 15) is 17.6 Å². The molecule has 0 aliphatic carbocycles. The van der Waals surface area contributed by atoms with Crippen LogP contribution in [0.2, 0.25) is 0 Å². The number of benzene rings is 1. The van der Waals surface area contributed by atoms with Crippen molar-refractivity contribution in [1.82, 2.24) is 5.32 Å². The van der Waals surface area contributed by atoms with Crippen molar-refractivity contribution in [2.45, 2.75) is 6.04 Å². The van der Waals surface area contributed by atoms with Crippen molar-refractivity contribution in [1.29, 1.82) is 0 Å². The fourth-order valence-electron chi connectivity index (χ4n) is 1.58. The lowest BCUT2D eigenvalue weighted by Gasteiger charge is -2.10. The molecule has 1 atom stereocenters. The zero-order valence-electron chi connectivity index (χ0n) is 9.06. The summed E-state index contributed by atoms with van der Waals surface area (Å²) in [5, 5.41) is 3.50. The van der Waals surface area contributed by atoms with Gasteiger partial charge in [-0.05, 0) is 24.3 Å². The molecule has 7 heteroatoms. The number of halogens is 2. The van der Waals surface area contributed by atoms with Crippen molar-refractivity contribution >= 4 is 31.7 Å². The van der Waals surface area contributed by atoms with Crippen LogP contribution in [-0.4, -0.2) is 26.1 Å². The standard InChI is InChI=1S/C11H9BrFNO3S/c12-7-1-2-10(13)9(5-7)11(15)14-8-3-4-18(16,17)6-8/h1-5,8H,6H2,(H,14,15). The molecule has 1 unspecified atom stereocenters. The van der Waals surface area contributed by atoms with Crippen LogP contribution in [0, 0.1) is 5.82 Å². The smallest absolute Gasteiger partial charge is 0.254 e. The monoisotopic (exact) mass is 333 g/mol. The first-order valence-corrected chi connectivity index (χ1v) is 7.55. The SMILES string of the molecule is O=C(NC1C=CS(=O)(=O)C1)c1cc(Br)ccc1F. The van der Waals surface area contributed by atoms with Crippen molar-refractivity contribution in [2.24, 2.45) is 0 Å². The van der Waals surface area contributed by atoms with Crippen LogP contribution in [0.25, 0.3) is 0 Å². The minimum atomic E-state index is -3.24. The topological polar surface area (TPSA) is 63.2 Å². The highest BCUT2D eigenvalue weighted by Gasteiger charge is 2.24. The Bertz CT molecular complexity index is 627. The zero-order chi connectivity index (χ0) is 13.3. The van der Waals surface area contributed by atoms with E-state index in [0.29, 0.717) is 4.47 Å². The molecule has 96 valence electrons. The second kappa shape index (κ2) is 4.81. The van der Waals surface area contributed by atoms with Crippen molar-refractivity contribution in [2.75, 3.05) is 5.75 Å². The molecule has 1 aromatic rings. The van der Waals surface area contributed by atoms with Gasteiger partial charge in [0.15, 0.2) is 9.84 Å². The Morgan fingerprint density at radius 1 is 1.44 bits per heavy atom. The lowest BCUT2D eigenvalue weighted by Crippen LogP contribution is -2.35. The van der Waals surface area contributed by atoms with Crippen LogP contribution in [0.4, 0.5) is 4.39 Å². The minimum Gasteiger partial charge on any atom is -0.345 e. The number of hydrogen-bond donors (Lipinski definition) is 1. The lowest BCUT2D eigenvalue weighted by molar-refractivity contribution is 0.0943. The van der Waals surface area contributed by atoms with Gasteiger partial charge in [-0.2, -0.15) is 0 Å². The second-order valence-corrected chi connectivity index (χ2v) is 6.71. The molecule has 0 saturated carbocycles. The number of amides is 1. The molecule has 1 amide bonds. The quantitative estimate of drug-likeness (QED) is 0.894. The van der Waals surface area contributed by atoms with Gasteiger partial charge in [0.25, 0.3) is 5.91 Å². The molecule has 1 aliphatic rings. The van der Waals surface area contributed by atoms with Gasteiger partial charge in [0.2, 0.25) is 0 Å². The van der Waals surface area contributed by atoms with Crippen molar-refractivity contribution in [3.05, 3.63) is 45.5 Å². The number of carbonyl (C=O) groups is 1. The molecule has 0 radical (unpaired) electrons. The summed E-state index contributed by atoms with van der Waals surface area (Å²) < 4.78 is 36.3. The molecular weight excluding hydrogens is 325 g/mol. The van der Waals surface area contributed by atoms with Gasteiger partial charge >= 0.3 is 0 Å². The van der Waals surface area contributed by atoms with Gasteiger partial charge in [0.05, 0.1) is 17.4 Å². The Labute approximate surface area is 112 Å². The Morgan fingerprint density at radius 2 is 2.17 bits per heavy atom. The normalized spacial score (nSPS) is 20.9. The third-order valence-electron chi connectivity index (χ3n) is 2.42. The molecule has 1 aromatic carbocycles. The van der Waals surface area contributed by atoms with E-state index in [4.69, 9.17) is 0 Å². The predicted molar refractivity (Wildman–Crippen MR) is 68.3 cm³/mol. The van der Waals surface area contributed by atoms with Crippen LogP contribution < -0.4 is 5.32 Å². The summed E-state index contributed by atoms with van der Waals surface area (Å²) in [5.41, 5.74) is -0.123. The summed E-state index contributed by atoms with van der Waals surface area (Å²) in [6.07, 6.45) is 1.38. The van der Waals surface area contributed by atoms with E-state index in [1.54, 1.807) is 0 Å². The Balaban J connectivity index is 2.14. The molecule has 0 spiro atoms. The van der Waals surface area contributed by atoms with Gasteiger partial charge in [-0.3, -0.25) is 4.79 Å². The molecule has 0 bridgehead atoms. The molecule has 0 aromatic heterocycles. The first-order chi connectivity index (χ1) is 8.37. The van der Waals surface area contributed by atoms with Crippen molar-refractivity contribution in [3.8, 4) is 0 Å². The molecule has 18 heavy (non-hydrogen) atoms. The highest BCUT2D eigenvalue weighted by molar-refractivity contribution is 9.10. The van der Waals surface area contributed by atoms with Crippen LogP contribution in [0.3, 0.4) is 0 Å². The van der Waals surface area contributed by atoms with Crippen molar-refractivity contribution in [3.63, 3.8) is 0 Å². The summed E-state index contributed by atoms with van der Waals surface area (Å²) in [6, 6.07) is 3.38. The van der Waals surface area contributed by atoms with Crippen LogP contribution in [0.15, 0.2) is 34.2 Å². The van der Waals surface area contributed by atoms with Gasteiger partial charge < -0.3 is 5.32 Å². The largest absolute Gasteiger partial charge is 0.345 e. The lowest BCUT2D eigenvalue weighted by atomic mass is 10.2. The van der Waals surface area contributed by atoms with E-state index in [-0.39, 0.29) is 11.3 Å². The van der Waals surface area contributed by atoms with E-state index in [2.05, 4.69) is 21.2 Å². The number of nitrogens with one attached hydrogen (secondary N) is 1. The molecule has 4 nitrogen and oxygen atoms in total. The first kappa shape index (κ1) is 13.2. The third-order valence-corrected chi connectivity index (χ3v) is 4.31. The molecule has 1 aliphatic heterocycles. The number of carbonyl (C=O) groups excluding carboxylic acids is 1. The average Bonchev–Trinajstić information content (AvgIpc) is 2.61. The molecule has 2 rings (SSSR count). The highest BCUT2D eigenvalue weighted by Crippen LogP contribution is 2.16. The fraction of sp³-hybridized carbons (Fsp3) is 0.182. The van der Waals surface area contributed by atoms with Crippen molar-refractivity contribution < 1.29 is 17.6 Å². The maximum Gasteiger partial charge on any atom is 0.254 e. The van der Waals surface area contributed by atoms with Gasteiger partial charge in [0, 0.05) is 9.88 Å².